The summed E-state index contributed by atoms with van der Waals surface area (Å²) in [4.78, 5) is 15.6. The second-order valence-electron chi connectivity index (χ2n) is 7.81. The highest BCUT2D eigenvalue weighted by Gasteiger charge is 2.23. The van der Waals surface area contributed by atoms with Gasteiger partial charge in [0.25, 0.3) is 0 Å². The Morgan fingerprint density at radius 2 is 1.81 bits per heavy atom. The van der Waals surface area contributed by atoms with Crippen LogP contribution >= 0.6 is 0 Å². The lowest BCUT2D eigenvalue weighted by atomic mass is 10.0. The molecule has 0 radical (unpaired) electrons. The highest BCUT2D eigenvalue weighted by Crippen LogP contribution is 2.26. The van der Waals surface area contributed by atoms with E-state index in [0.717, 1.165) is 27.6 Å². The van der Waals surface area contributed by atoms with Crippen molar-refractivity contribution in [3.05, 3.63) is 54.9 Å². The number of β-amino-alcohol motifs (C(OH)–C–C–N with tert-alkyl or cyclic N) is 1. The summed E-state index contributed by atoms with van der Waals surface area (Å²) in [6.45, 7) is 5.54. The van der Waals surface area contributed by atoms with Crippen LogP contribution in [0.2, 0.25) is 0 Å². The molecule has 1 aromatic heterocycles. The van der Waals surface area contributed by atoms with Gasteiger partial charge in [-0.15, -0.1) is 0 Å². The fraction of sp³-hybridized carbons (Fsp3) is 0.375. The predicted molar refractivity (Wildman–Crippen MR) is 122 cm³/mol. The van der Waals surface area contributed by atoms with Gasteiger partial charge in [-0.05, 0) is 47.5 Å². The number of aliphatic hydroxyl groups is 1. The molecule has 1 saturated heterocycles. The Labute approximate surface area is 187 Å². The molecule has 2 heterocycles. The number of hydrogen-bond acceptors (Lipinski definition) is 7. The third kappa shape index (κ3) is 5.52. The quantitative estimate of drug-likeness (QED) is 0.609. The first-order chi connectivity index (χ1) is 15.6. The molecule has 1 amide bonds. The van der Waals surface area contributed by atoms with Gasteiger partial charge in [0.1, 0.15) is 18.5 Å². The van der Waals surface area contributed by atoms with Crippen LogP contribution in [0.5, 0.6) is 5.75 Å². The van der Waals surface area contributed by atoms with E-state index in [9.17, 15) is 9.90 Å². The molecule has 2 aromatic carbocycles. The Morgan fingerprint density at radius 1 is 1.03 bits per heavy atom. The molecule has 1 fully saturated rings. The highest BCUT2D eigenvalue weighted by atomic mass is 16.6. The first-order valence-corrected chi connectivity index (χ1v) is 10.9. The number of nitrogens with zero attached hydrogens (tertiary/aromatic N) is 4. The van der Waals surface area contributed by atoms with Gasteiger partial charge < -0.3 is 19.5 Å². The maximum Gasteiger partial charge on any atom is 0.409 e. The van der Waals surface area contributed by atoms with Gasteiger partial charge in [-0.3, -0.25) is 4.90 Å². The van der Waals surface area contributed by atoms with Crippen LogP contribution in [-0.2, 0) is 4.74 Å². The lowest BCUT2D eigenvalue weighted by molar-refractivity contribution is 0.0408. The summed E-state index contributed by atoms with van der Waals surface area (Å²) in [7, 11) is 0. The van der Waals surface area contributed by atoms with E-state index in [1.165, 1.54) is 0 Å². The maximum absolute atomic E-state index is 11.8. The van der Waals surface area contributed by atoms with Gasteiger partial charge in [0.2, 0.25) is 0 Å². The molecule has 168 valence electrons. The largest absolute Gasteiger partial charge is 0.491 e. The number of ether oxygens (including phenoxy) is 2. The predicted octanol–water partition coefficient (Wildman–Crippen LogP) is 2.81. The number of fused-ring (bicyclic) bond motifs is 1. The van der Waals surface area contributed by atoms with Gasteiger partial charge in [-0.25, -0.2) is 4.79 Å². The average molecular weight is 437 g/mol. The number of aliphatic hydroxyl groups excluding tert-OH is 1. The van der Waals surface area contributed by atoms with Gasteiger partial charge in [-0.2, -0.15) is 10.2 Å². The number of hydrogen-bond donors (Lipinski definition) is 1. The number of carbonyl (C=O) groups excluding carboxylic acids is 1. The fourth-order valence-corrected chi connectivity index (χ4v) is 3.83. The van der Waals surface area contributed by atoms with E-state index >= 15 is 0 Å². The molecular formula is C24H28N4O4. The standard InChI is InChI=1S/C24H28N4O4/c1-2-31-24(30)28-11-9-27(10-12-28)16-22(29)17-32-23-6-5-18-13-19(3-4-20(18)14-23)21-7-8-25-26-15-21/h3-8,13-15,22,29H,2,9-12,16-17H2,1H3. The molecule has 0 saturated carbocycles. The van der Waals surface area contributed by atoms with Crippen LogP contribution in [0.3, 0.4) is 0 Å². The zero-order valence-corrected chi connectivity index (χ0v) is 18.2. The van der Waals surface area contributed by atoms with Crippen molar-refractivity contribution in [2.24, 2.45) is 0 Å². The molecule has 8 heteroatoms. The van der Waals surface area contributed by atoms with Crippen LogP contribution in [0.25, 0.3) is 21.9 Å². The second-order valence-corrected chi connectivity index (χ2v) is 7.81. The average Bonchev–Trinajstić information content (AvgIpc) is 2.83. The van der Waals surface area contributed by atoms with Crippen LogP contribution in [0.4, 0.5) is 4.79 Å². The summed E-state index contributed by atoms with van der Waals surface area (Å²) in [5, 5.41) is 20.3. The van der Waals surface area contributed by atoms with Crippen molar-refractivity contribution in [2.45, 2.75) is 13.0 Å². The minimum atomic E-state index is -0.610. The van der Waals surface area contributed by atoms with E-state index in [1.807, 2.05) is 30.3 Å². The van der Waals surface area contributed by atoms with E-state index in [-0.39, 0.29) is 12.7 Å². The molecule has 8 nitrogen and oxygen atoms in total. The number of benzene rings is 2. The second kappa shape index (κ2) is 10.4. The van der Waals surface area contributed by atoms with Gasteiger partial charge in [0, 0.05) is 38.3 Å². The van der Waals surface area contributed by atoms with Gasteiger partial charge in [0.15, 0.2) is 0 Å². The van der Waals surface area contributed by atoms with Crippen molar-refractivity contribution in [1.82, 2.24) is 20.0 Å². The van der Waals surface area contributed by atoms with E-state index < -0.39 is 6.10 Å². The minimum absolute atomic E-state index is 0.213. The molecule has 1 aliphatic heterocycles. The summed E-state index contributed by atoms with van der Waals surface area (Å²) in [6.07, 6.45) is 2.55. The summed E-state index contributed by atoms with van der Waals surface area (Å²) in [6, 6.07) is 14.1. The summed E-state index contributed by atoms with van der Waals surface area (Å²) in [5.74, 6) is 0.724. The molecule has 0 aliphatic carbocycles. The first-order valence-electron chi connectivity index (χ1n) is 10.9. The Bertz CT molecular complexity index is 1040. The molecule has 0 spiro atoms. The van der Waals surface area contributed by atoms with Crippen molar-refractivity contribution in [3.63, 3.8) is 0 Å². The Balaban J connectivity index is 1.28. The third-order valence-electron chi connectivity index (χ3n) is 5.54. The molecule has 0 bridgehead atoms. The van der Waals surface area contributed by atoms with Crippen molar-refractivity contribution in [1.29, 1.82) is 0 Å². The van der Waals surface area contributed by atoms with E-state index in [0.29, 0.717) is 39.3 Å². The summed E-state index contributed by atoms with van der Waals surface area (Å²) >= 11 is 0. The first kappa shape index (κ1) is 22.0. The number of aromatic nitrogens is 2. The molecule has 1 N–H and O–H groups in total. The summed E-state index contributed by atoms with van der Waals surface area (Å²) < 4.78 is 10.9. The number of piperazine rings is 1. The van der Waals surface area contributed by atoms with Gasteiger partial charge >= 0.3 is 6.09 Å². The molecule has 32 heavy (non-hydrogen) atoms. The monoisotopic (exact) mass is 436 g/mol. The molecule has 3 aromatic rings. The van der Waals surface area contributed by atoms with Crippen LogP contribution in [0, 0.1) is 0 Å². The van der Waals surface area contributed by atoms with Crippen molar-refractivity contribution < 1.29 is 19.4 Å². The number of carbonyl (C=O) groups is 1. The van der Waals surface area contributed by atoms with Gasteiger partial charge in [-0.1, -0.05) is 18.2 Å². The van der Waals surface area contributed by atoms with E-state index in [2.05, 4.69) is 27.2 Å². The minimum Gasteiger partial charge on any atom is -0.491 e. The molecule has 1 aliphatic rings. The van der Waals surface area contributed by atoms with Crippen LogP contribution < -0.4 is 4.74 Å². The Kier molecular flexibility index (Phi) is 7.14. The molecule has 4 rings (SSSR count). The van der Waals surface area contributed by atoms with Gasteiger partial charge in [0.05, 0.1) is 19.0 Å². The van der Waals surface area contributed by atoms with Crippen LogP contribution in [0.1, 0.15) is 6.92 Å². The van der Waals surface area contributed by atoms with E-state index in [4.69, 9.17) is 9.47 Å². The highest BCUT2D eigenvalue weighted by molar-refractivity contribution is 5.88. The zero-order chi connectivity index (χ0) is 22.3. The molecule has 1 atom stereocenters. The lowest BCUT2D eigenvalue weighted by Gasteiger charge is -2.34. The van der Waals surface area contributed by atoms with Crippen molar-refractivity contribution >= 4 is 16.9 Å². The molecule has 1 unspecified atom stereocenters. The van der Waals surface area contributed by atoms with Crippen molar-refractivity contribution in [2.75, 3.05) is 45.9 Å². The Morgan fingerprint density at radius 3 is 2.56 bits per heavy atom. The topological polar surface area (TPSA) is 88.0 Å². The third-order valence-corrected chi connectivity index (χ3v) is 5.54. The van der Waals surface area contributed by atoms with Crippen LogP contribution in [0.15, 0.2) is 54.9 Å². The zero-order valence-electron chi connectivity index (χ0n) is 18.2. The maximum atomic E-state index is 11.8. The van der Waals surface area contributed by atoms with Crippen molar-refractivity contribution in [3.8, 4) is 16.9 Å². The normalized spacial score (nSPS) is 15.5. The number of rotatable bonds is 7. The Hall–Kier alpha value is -3.23. The SMILES string of the molecule is CCOC(=O)N1CCN(CC(O)COc2ccc3cc(-c4ccnnc4)ccc3c2)CC1. The van der Waals surface area contributed by atoms with Crippen LogP contribution in [-0.4, -0.2) is 83.2 Å². The van der Waals surface area contributed by atoms with E-state index in [1.54, 1.807) is 24.2 Å². The summed E-state index contributed by atoms with van der Waals surface area (Å²) in [5.41, 5.74) is 2.10. The fourth-order valence-electron chi connectivity index (χ4n) is 3.83. The number of amides is 1. The smallest absolute Gasteiger partial charge is 0.409 e. The molecular weight excluding hydrogens is 408 g/mol. The lowest BCUT2D eigenvalue weighted by Crippen LogP contribution is -2.51.